The number of para-hydroxylation sites is 1. The highest BCUT2D eigenvalue weighted by atomic mass is 16.5. The third kappa shape index (κ3) is 3.36. The van der Waals surface area contributed by atoms with E-state index in [1.54, 1.807) is 0 Å². The fourth-order valence-corrected chi connectivity index (χ4v) is 3.05. The second-order valence-electron chi connectivity index (χ2n) is 5.79. The van der Waals surface area contributed by atoms with E-state index in [9.17, 15) is 4.79 Å². The van der Waals surface area contributed by atoms with Crippen LogP contribution in [0.2, 0.25) is 0 Å². The summed E-state index contributed by atoms with van der Waals surface area (Å²) in [7, 11) is 0. The first-order valence-electron chi connectivity index (χ1n) is 7.70. The molecule has 0 aromatic heterocycles. The van der Waals surface area contributed by atoms with Gasteiger partial charge < -0.3 is 10.1 Å². The van der Waals surface area contributed by atoms with Gasteiger partial charge in [0, 0.05) is 37.9 Å². The van der Waals surface area contributed by atoms with Gasteiger partial charge in [0.15, 0.2) is 0 Å². The summed E-state index contributed by atoms with van der Waals surface area (Å²) in [5.74, 6) is 0. The number of hydrogen-bond acceptors (Lipinski definition) is 3. The third-order valence-electron chi connectivity index (χ3n) is 4.14. The first kappa shape index (κ1) is 14.4. The van der Waals surface area contributed by atoms with Gasteiger partial charge in [0.05, 0.1) is 13.2 Å². The van der Waals surface area contributed by atoms with Crippen molar-refractivity contribution in [2.45, 2.75) is 19.4 Å². The molecule has 0 bridgehead atoms. The van der Waals surface area contributed by atoms with E-state index in [2.05, 4.69) is 23.2 Å². The van der Waals surface area contributed by atoms with Gasteiger partial charge in [0.2, 0.25) is 0 Å². The summed E-state index contributed by atoms with van der Waals surface area (Å²) in [5.41, 5.74) is 2.31. The molecular formula is C16H23N3O2. The molecule has 3 rings (SSSR count). The molecule has 1 saturated heterocycles. The Kier molecular flexibility index (Phi) is 4.41. The summed E-state index contributed by atoms with van der Waals surface area (Å²) in [6, 6.07) is 8.29. The Bertz CT molecular complexity index is 500. The standard InChI is InChI=1S/C16H23N3O2/c1-13(12-18-8-10-21-11-9-18)17-16(20)19-7-6-14-4-2-3-5-15(14)19/h2-5,13H,6-12H2,1H3,(H,17,20). The van der Waals surface area contributed by atoms with Crippen LogP contribution < -0.4 is 10.2 Å². The molecule has 0 aliphatic carbocycles. The minimum atomic E-state index is 0.0145. The average Bonchev–Trinajstić information content (AvgIpc) is 2.92. The maximum absolute atomic E-state index is 12.4. The van der Waals surface area contributed by atoms with Crippen molar-refractivity contribution >= 4 is 11.7 Å². The number of ether oxygens (including phenoxy) is 1. The van der Waals surface area contributed by atoms with Crippen LogP contribution in [-0.2, 0) is 11.2 Å². The molecule has 5 heteroatoms. The van der Waals surface area contributed by atoms with Crippen molar-refractivity contribution in [2.24, 2.45) is 0 Å². The molecule has 114 valence electrons. The van der Waals surface area contributed by atoms with Crippen molar-refractivity contribution in [3.05, 3.63) is 29.8 Å². The largest absolute Gasteiger partial charge is 0.379 e. The van der Waals surface area contributed by atoms with E-state index in [0.29, 0.717) is 0 Å². The lowest BCUT2D eigenvalue weighted by molar-refractivity contribution is 0.0349. The molecule has 2 heterocycles. The normalized spacial score (nSPS) is 20.1. The summed E-state index contributed by atoms with van der Waals surface area (Å²) in [6.45, 7) is 7.20. The molecule has 0 saturated carbocycles. The van der Waals surface area contributed by atoms with E-state index in [1.165, 1.54) is 5.56 Å². The molecule has 0 radical (unpaired) electrons. The SMILES string of the molecule is CC(CN1CCOCC1)NC(=O)N1CCc2ccccc21. The number of benzene rings is 1. The van der Waals surface area contributed by atoms with Crippen LogP contribution in [-0.4, -0.2) is 56.4 Å². The molecule has 1 atom stereocenters. The highest BCUT2D eigenvalue weighted by molar-refractivity contribution is 5.94. The van der Waals surface area contributed by atoms with Gasteiger partial charge in [-0.3, -0.25) is 9.80 Å². The smallest absolute Gasteiger partial charge is 0.322 e. The van der Waals surface area contributed by atoms with Crippen LogP contribution in [0.4, 0.5) is 10.5 Å². The molecule has 1 fully saturated rings. The van der Waals surface area contributed by atoms with Crippen molar-refractivity contribution in [1.82, 2.24) is 10.2 Å². The van der Waals surface area contributed by atoms with Gasteiger partial charge in [-0.15, -0.1) is 0 Å². The Hall–Kier alpha value is -1.59. The molecule has 1 aromatic carbocycles. The van der Waals surface area contributed by atoms with E-state index in [4.69, 9.17) is 4.74 Å². The Morgan fingerprint density at radius 3 is 2.86 bits per heavy atom. The van der Waals surface area contributed by atoms with E-state index in [0.717, 1.165) is 51.5 Å². The summed E-state index contributed by atoms with van der Waals surface area (Å²) < 4.78 is 5.35. The second-order valence-corrected chi connectivity index (χ2v) is 5.79. The lowest BCUT2D eigenvalue weighted by atomic mass is 10.2. The topological polar surface area (TPSA) is 44.8 Å². The molecule has 5 nitrogen and oxygen atoms in total. The number of hydrogen-bond donors (Lipinski definition) is 1. The third-order valence-corrected chi connectivity index (χ3v) is 4.14. The number of anilines is 1. The quantitative estimate of drug-likeness (QED) is 0.917. The Morgan fingerprint density at radius 1 is 1.29 bits per heavy atom. The van der Waals surface area contributed by atoms with E-state index in [-0.39, 0.29) is 12.1 Å². The van der Waals surface area contributed by atoms with Crippen LogP contribution in [0.5, 0.6) is 0 Å². The number of rotatable bonds is 3. The summed E-state index contributed by atoms with van der Waals surface area (Å²) >= 11 is 0. The molecule has 2 aliphatic rings. The van der Waals surface area contributed by atoms with Crippen LogP contribution >= 0.6 is 0 Å². The van der Waals surface area contributed by atoms with Crippen molar-refractivity contribution in [3.63, 3.8) is 0 Å². The highest BCUT2D eigenvalue weighted by Gasteiger charge is 2.25. The van der Waals surface area contributed by atoms with Crippen molar-refractivity contribution in [3.8, 4) is 0 Å². The van der Waals surface area contributed by atoms with Crippen molar-refractivity contribution < 1.29 is 9.53 Å². The van der Waals surface area contributed by atoms with E-state index < -0.39 is 0 Å². The van der Waals surface area contributed by atoms with Crippen LogP contribution in [0.3, 0.4) is 0 Å². The number of carbonyl (C=O) groups excluding carboxylic acids is 1. The molecule has 2 aliphatic heterocycles. The zero-order valence-corrected chi connectivity index (χ0v) is 12.5. The van der Waals surface area contributed by atoms with Gasteiger partial charge in [-0.25, -0.2) is 4.79 Å². The Labute approximate surface area is 125 Å². The molecule has 2 amide bonds. The maximum Gasteiger partial charge on any atom is 0.322 e. The van der Waals surface area contributed by atoms with Crippen LogP contribution in [0, 0.1) is 0 Å². The zero-order chi connectivity index (χ0) is 14.7. The minimum Gasteiger partial charge on any atom is -0.379 e. The predicted molar refractivity (Wildman–Crippen MR) is 82.7 cm³/mol. The minimum absolute atomic E-state index is 0.0145. The van der Waals surface area contributed by atoms with E-state index >= 15 is 0 Å². The van der Waals surface area contributed by atoms with Gasteiger partial charge in [-0.05, 0) is 25.0 Å². The van der Waals surface area contributed by atoms with Crippen molar-refractivity contribution in [2.75, 3.05) is 44.3 Å². The van der Waals surface area contributed by atoms with Crippen molar-refractivity contribution in [1.29, 1.82) is 0 Å². The number of fused-ring (bicyclic) bond motifs is 1. The predicted octanol–water partition coefficient (Wildman–Crippen LogP) is 1.48. The fraction of sp³-hybridized carbons (Fsp3) is 0.562. The molecule has 1 aromatic rings. The molecule has 1 N–H and O–H groups in total. The average molecular weight is 289 g/mol. The van der Waals surface area contributed by atoms with Gasteiger partial charge in [-0.1, -0.05) is 18.2 Å². The molecule has 21 heavy (non-hydrogen) atoms. The Morgan fingerprint density at radius 2 is 2.05 bits per heavy atom. The fourth-order valence-electron chi connectivity index (χ4n) is 3.05. The summed E-state index contributed by atoms with van der Waals surface area (Å²) in [5, 5.41) is 3.11. The number of carbonyl (C=O) groups is 1. The number of urea groups is 1. The van der Waals surface area contributed by atoms with Gasteiger partial charge in [-0.2, -0.15) is 0 Å². The first-order chi connectivity index (χ1) is 10.2. The van der Waals surface area contributed by atoms with Crippen LogP contribution in [0.15, 0.2) is 24.3 Å². The molecule has 0 spiro atoms. The number of morpholine rings is 1. The second kappa shape index (κ2) is 6.45. The van der Waals surface area contributed by atoms with Gasteiger partial charge in [0.25, 0.3) is 0 Å². The molecule has 1 unspecified atom stereocenters. The highest BCUT2D eigenvalue weighted by Crippen LogP contribution is 2.27. The lowest BCUT2D eigenvalue weighted by Crippen LogP contribution is -2.49. The van der Waals surface area contributed by atoms with Gasteiger partial charge in [0.1, 0.15) is 0 Å². The number of nitrogens with zero attached hydrogens (tertiary/aromatic N) is 2. The summed E-state index contributed by atoms with van der Waals surface area (Å²) in [6.07, 6.45) is 0.946. The van der Waals surface area contributed by atoms with Gasteiger partial charge >= 0.3 is 6.03 Å². The lowest BCUT2D eigenvalue weighted by Gasteiger charge is -2.30. The van der Waals surface area contributed by atoms with Crippen LogP contribution in [0.25, 0.3) is 0 Å². The van der Waals surface area contributed by atoms with Crippen LogP contribution in [0.1, 0.15) is 12.5 Å². The maximum atomic E-state index is 12.4. The monoisotopic (exact) mass is 289 g/mol. The number of amides is 2. The zero-order valence-electron chi connectivity index (χ0n) is 12.5. The summed E-state index contributed by atoms with van der Waals surface area (Å²) in [4.78, 5) is 16.6. The Balaban J connectivity index is 1.54. The first-order valence-corrected chi connectivity index (χ1v) is 7.70. The molecular weight excluding hydrogens is 266 g/mol. The number of nitrogens with one attached hydrogen (secondary N) is 1. The van der Waals surface area contributed by atoms with E-state index in [1.807, 2.05) is 23.1 Å².